The maximum absolute atomic E-state index is 13.7. The lowest BCUT2D eigenvalue weighted by atomic mass is 10.0. The summed E-state index contributed by atoms with van der Waals surface area (Å²) >= 11 is 0. The third kappa shape index (κ3) is 5.16. The first-order chi connectivity index (χ1) is 17.6. The van der Waals surface area contributed by atoms with Crippen molar-refractivity contribution < 1.29 is 4.79 Å². The zero-order chi connectivity index (χ0) is 24.9. The Morgan fingerprint density at radius 2 is 1.39 bits per heavy atom. The average molecular weight is 477 g/mol. The maximum Gasteiger partial charge on any atom is 0.254 e. The van der Waals surface area contributed by atoms with E-state index in [1.165, 1.54) is 11.3 Å². The van der Waals surface area contributed by atoms with Crippen molar-refractivity contribution in [2.75, 3.05) is 26.2 Å². The fraction of sp³-hybridized carbons (Fsp3) is 0.226. The van der Waals surface area contributed by atoms with E-state index in [0.717, 1.165) is 47.7 Å². The van der Waals surface area contributed by atoms with Gasteiger partial charge in [0.2, 0.25) is 0 Å². The highest BCUT2D eigenvalue weighted by molar-refractivity contribution is 6.24. The zero-order valence-corrected chi connectivity index (χ0v) is 21.0. The molecule has 0 N–H and O–H groups in total. The molecule has 182 valence electrons. The second-order valence-electron chi connectivity index (χ2n) is 9.30. The van der Waals surface area contributed by atoms with Crippen molar-refractivity contribution in [3.8, 4) is 5.69 Å². The predicted octanol–water partition coefficient (Wildman–Crippen LogP) is 5.37. The molecule has 0 radical (unpaired) electrons. The summed E-state index contributed by atoms with van der Waals surface area (Å²) in [6.45, 7) is 8.18. The first-order valence-corrected chi connectivity index (χ1v) is 12.5. The number of hydrogen-bond donors (Lipinski definition) is 0. The van der Waals surface area contributed by atoms with Crippen molar-refractivity contribution in [2.24, 2.45) is 0 Å². The maximum atomic E-state index is 13.7. The van der Waals surface area contributed by atoms with Crippen LogP contribution in [0, 0.1) is 13.8 Å². The van der Waals surface area contributed by atoms with E-state index in [4.69, 9.17) is 5.10 Å². The Morgan fingerprint density at radius 3 is 2.03 bits per heavy atom. The molecule has 0 aliphatic carbocycles. The Labute approximate surface area is 213 Å². The minimum Gasteiger partial charge on any atom is -0.336 e. The summed E-state index contributed by atoms with van der Waals surface area (Å²) in [7, 11) is 0. The lowest BCUT2D eigenvalue weighted by Gasteiger charge is -2.35. The van der Waals surface area contributed by atoms with Crippen LogP contribution in [0.25, 0.3) is 17.3 Å². The molecule has 1 amide bonds. The minimum absolute atomic E-state index is 0.0916. The molecule has 0 saturated carbocycles. The number of piperazine rings is 1. The van der Waals surface area contributed by atoms with Crippen LogP contribution in [-0.4, -0.2) is 51.7 Å². The molecule has 5 rings (SSSR count). The molecule has 1 fully saturated rings. The van der Waals surface area contributed by atoms with Crippen LogP contribution >= 0.6 is 0 Å². The molecule has 0 bridgehead atoms. The lowest BCUT2D eigenvalue weighted by Crippen LogP contribution is -2.48. The predicted molar refractivity (Wildman–Crippen MR) is 146 cm³/mol. The van der Waals surface area contributed by atoms with Crippen LogP contribution in [0.3, 0.4) is 0 Å². The van der Waals surface area contributed by atoms with Crippen LogP contribution in [0.1, 0.15) is 28.1 Å². The van der Waals surface area contributed by atoms with Gasteiger partial charge in [0.05, 0.1) is 11.4 Å². The monoisotopic (exact) mass is 476 g/mol. The van der Waals surface area contributed by atoms with Crippen LogP contribution < -0.4 is 0 Å². The number of benzene rings is 3. The number of hydrogen-bond acceptors (Lipinski definition) is 3. The van der Waals surface area contributed by atoms with Gasteiger partial charge in [0.1, 0.15) is 0 Å². The van der Waals surface area contributed by atoms with Gasteiger partial charge in [0, 0.05) is 49.6 Å². The minimum atomic E-state index is 0.0916. The molecular formula is C31H32N4O. The first-order valence-electron chi connectivity index (χ1n) is 12.5. The number of para-hydroxylation sites is 1. The van der Waals surface area contributed by atoms with Gasteiger partial charge in [0.15, 0.2) is 0 Å². The molecule has 1 aliphatic rings. The quantitative estimate of drug-likeness (QED) is 0.277. The van der Waals surface area contributed by atoms with Crippen LogP contribution in [0.5, 0.6) is 0 Å². The van der Waals surface area contributed by atoms with Gasteiger partial charge in [-0.1, -0.05) is 78.9 Å². The number of nitrogens with zero attached hydrogens (tertiary/aromatic N) is 4. The highest BCUT2D eigenvalue weighted by Crippen LogP contribution is 2.23. The van der Waals surface area contributed by atoms with Gasteiger partial charge in [-0.25, -0.2) is 4.68 Å². The van der Waals surface area contributed by atoms with Crippen LogP contribution in [0.4, 0.5) is 0 Å². The van der Waals surface area contributed by atoms with Gasteiger partial charge >= 0.3 is 0 Å². The second-order valence-corrected chi connectivity index (χ2v) is 9.30. The largest absolute Gasteiger partial charge is 0.336 e. The van der Waals surface area contributed by atoms with Gasteiger partial charge in [0.25, 0.3) is 5.91 Å². The molecule has 3 aromatic carbocycles. The summed E-state index contributed by atoms with van der Waals surface area (Å²) in [5.74, 6) is 0.0916. The normalized spacial score (nSPS) is 14.7. The summed E-state index contributed by atoms with van der Waals surface area (Å²) in [5, 5.41) is 4.80. The van der Waals surface area contributed by atoms with Crippen molar-refractivity contribution in [3.05, 3.63) is 119 Å². The SMILES string of the molecule is Cc1nn(-c2ccccc2)c(C)c1CN1CCN(C(=O)/C(=C\c2ccccc2)c2ccccc2)CC1. The van der Waals surface area contributed by atoms with E-state index in [0.29, 0.717) is 13.1 Å². The molecule has 5 nitrogen and oxygen atoms in total. The number of amides is 1. The third-order valence-corrected chi connectivity index (χ3v) is 6.91. The lowest BCUT2D eigenvalue weighted by molar-refractivity contribution is -0.126. The van der Waals surface area contributed by atoms with Crippen molar-refractivity contribution in [1.82, 2.24) is 19.6 Å². The molecule has 2 heterocycles. The molecule has 5 heteroatoms. The van der Waals surface area contributed by atoms with E-state index in [1.54, 1.807) is 0 Å². The van der Waals surface area contributed by atoms with Gasteiger partial charge in [-0.15, -0.1) is 0 Å². The highest BCUT2D eigenvalue weighted by Gasteiger charge is 2.25. The summed E-state index contributed by atoms with van der Waals surface area (Å²) in [5.41, 5.74) is 7.32. The van der Waals surface area contributed by atoms with Gasteiger partial charge in [-0.2, -0.15) is 5.10 Å². The topological polar surface area (TPSA) is 41.4 Å². The third-order valence-electron chi connectivity index (χ3n) is 6.91. The Morgan fingerprint density at radius 1 is 0.806 bits per heavy atom. The van der Waals surface area contributed by atoms with Crippen LogP contribution in [0.2, 0.25) is 0 Å². The molecule has 0 atom stereocenters. The fourth-order valence-electron chi connectivity index (χ4n) is 4.83. The van der Waals surface area contributed by atoms with E-state index < -0.39 is 0 Å². The summed E-state index contributed by atoms with van der Waals surface area (Å²) in [4.78, 5) is 18.1. The Bertz CT molecular complexity index is 1340. The molecular weight excluding hydrogens is 444 g/mol. The number of rotatable bonds is 6. The molecule has 1 aromatic heterocycles. The van der Waals surface area contributed by atoms with Gasteiger partial charge in [-0.05, 0) is 43.2 Å². The Balaban J connectivity index is 1.29. The number of aromatic nitrogens is 2. The van der Waals surface area contributed by atoms with Crippen molar-refractivity contribution in [2.45, 2.75) is 20.4 Å². The molecule has 1 aliphatic heterocycles. The average Bonchev–Trinajstić information content (AvgIpc) is 3.22. The highest BCUT2D eigenvalue weighted by atomic mass is 16.2. The summed E-state index contributed by atoms with van der Waals surface area (Å²) in [6, 6.07) is 30.3. The second kappa shape index (κ2) is 10.8. The Hall–Kier alpha value is -3.96. The summed E-state index contributed by atoms with van der Waals surface area (Å²) < 4.78 is 2.03. The number of carbonyl (C=O) groups excluding carboxylic acids is 1. The van der Waals surface area contributed by atoms with Gasteiger partial charge < -0.3 is 4.90 Å². The molecule has 0 unspecified atom stereocenters. The molecule has 4 aromatic rings. The Kier molecular flexibility index (Phi) is 7.10. The smallest absolute Gasteiger partial charge is 0.254 e. The zero-order valence-electron chi connectivity index (χ0n) is 21.0. The van der Waals surface area contributed by atoms with Crippen molar-refractivity contribution in [3.63, 3.8) is 0 Å². The molecule has 0 spiro atoms. The van der Waals surface area contributed by atoms with Crippen LogP contribution in [0.15, 0.2) is 91.0 Å². The van der Waals surface area contributed by atoms with E-state index in [-0.39, 0.29) is 5.91 Å². The van der Waals surface area contributed by atoms with E-state index in [1.807, 2.05) is 94.5 Å². The van der Waals surface area contributed by atoms with Crippen molar-refractivity contribution in [1.29, 1.82) is 0 Å². The molecule has 36 heavy (non-hydrogen) atoms. The fourth-order valence-corrected chi connectivity index (χ4v) is 4.83. The number of aryl methyl sites for hydroxylation is 1. The molecule has 1 saturated heterocycles. The van der Waals surface area contributed by atoms with E-state index in [9.17, 15) is 4.79 Å². The van der Waals surface area contributed by atoms with E-state index >= 15 is 0 Å². The van der Waals surface area contributed by atoms with Crippen LogP contribution in [-0.2, 0) is 11.3 Å². The first kappa shape index (κ1) is 23.8. The standard InChI is InChI=1S/C31H32N4O/c1-24-30(25(2)35(32-24)28-16-10-5-11-17-28)23-33-18-20-34(21-19-33)31(36)29(27-14-8-4-9-15-27)22-26-12-6-3-7-13-26/h3-17,22H,18-21,23H2,1-2H3/b29-22-. The van der Waals surface area contributed by atoms with Gasteiger partial charge in [-0.3, -0.25) is 9.69 Å². The van der Waals surface area contributed by atoms with E-state index in [2.05, 4.69) is 30.9 Å². The summed E-state index contributed by atoms with van der Waals surface area (Å²) in [6.07, 6.45) is 2.01. The number of carbonyl (C=O) groups is 1. The van der Waals surface area contributed by atoms with Crippen molar-refractivity contribution >= 4 is 17.6 Å².